The van der Waals surface area contributed by atoms with E-state index in [2.05, 4.69) is 84.9 Å². The number of ether oxygens (including phenoxy) is 1. The van der Waals surface area contributed by atoms with Gasteiger partial charge in [-0.3, -0.25) is 0 Å². The zero-order valence-electron chi connectivity index (χ0n) is 20.3. The van der Waals surface area contributed by atoms with Crippen molar-refractivity contribution in [3.05, 3.63) is 127 Å². The van der Waals surface area contributed by atoms with E-state index in [1.807, 2.05) is 42.5 Å². The first-order valence-electron chi connectivity index (χ1n) is 12.1. The number of aliphatic hydroxyl groups excluding tert-OH is 1. The zero-order valence-corrected chi connectivity index (χ0v) is 20.3. The molecule has 5 rings (SSSR count). The molecular weight excluding hydrogens is 444 g/mol. The van der Waals surface area contributed by atoms with Crippen LogP contribution in [0.1, 0.15) is 12.6 Å². The molecule has 0 atom stereocenters. The molecule has 1 aromatic heterocycles. The summed E-state index contributed by atoms with van der Waals surface area (Å²) in [5.74, 6) is 0.662. The Bertz CT molecular complexity index is 1490. The summed E-state index contributed by atoms with van der Waals surface area (Å²) in [5.41, 5.74) is 8.55. The predicted molar refractivity (Wildman–Crippen MR) is 147 cm³/mol. The van der Waals surface area contributed by atoms with Crippen LogP contribution < -0.4 is 4.74 Å². The van der Waals surface area contributed by atoms with Crippen molar-refractivity contribution in [1.29, 1.82) is 0 Å². The van der Waals surface area contributed by atoms with E-state index in [1.54, 1.807) is 0 Å². The summed E-state index contributed by atoms with van der Waals surface area (Å²) in [6, 6.07) is 37.0. The monoisotopic (exact) mass is 472 g/mol. The largest absolute Gasteiger partial charge is 0.509 e. The van der Waals surface area contributed by atoms with Crippen molar-refractivity contribution in [3.8, 4) is 44.9 Å². The van der Waals surface area contributed by atoms with E-state index in [9.17, 15) is 5.11 Å². The first kappa shape index (κ1) is 23.2. The molecule has 0 saturated heterocycles. The number of para-hydroxylation sites is 1. The number of rotatable bonds is 8. The van der Waals surface area contributed by atoms with Gasteiger partial charge in [0.1, 0.15) is 23.8 Å². The Hall–Kier alpha value is -4.57. The summed E-state index contributed by atoms with van der Waals surface area (Å²) >= 11 is 0. The molecule has 0 fully saturated rings. The maximum Gasteiger partial charge on any atom is 0.144 e. The normalized spacial score (nSPS) is 10.8. The Morgan fingerprint density at radius 3 is 2.14 bits per heavy atom. The van der Waals surface area contributed by atoms with Crippen LogP contribution in [0.5, 0.6) is 5.75 Å². The Morgan fingerprint density at radius 2 is 1.44 bits per heavy atom. The molecular formula is C32H28N2O2. The minimum absolute atomic E-state index is 0.00758. The molecule has 0 aliphatic rings. The molecule has 1 heterocycles. The minimum Gasteiger partial charge on any atom is -0.509 e. The quantitative estimate of drug-likeness (QED) is 0.234. The van der Waals surface area contributed by atoms with Crippen molar-refractivity contribution in [2.24, 2.45) is 0 Å². The van der Waals surface area contributed by atoms with Crippen LogP contribution in [0, 0.1) is 0 Å². The molecule has 0 spiro atoms. The molecule has 178 valence electrons. The zero-order chi connectivity index (χ0) is 24.9. The molecule has 5 aromatic rings. The van der Waals surface area contributed by atoms with E-state index >= 15 is 0 Å². The Balaban J connectivity index is 1.70. The van der Waals surface area contributed by atoms with Crippen molar-refractivity contribution in [2.75, 3.05) is 6.61 Å². The standard InChI is InChI=1S/C32H28N2O2/c1-3-29-31(24-13-6-4-7-14-24)32(25-15-8-5-9-16-25)33-34(29)30-20-11-10-19-28(30)26-17-12-18-27(21-26)36-22-23(2)35/h4-21,35H,2-3,22H2,1H3. The molecule has 0 unspecified atom stereocenters. The van der Waals surface area contributed by atoms with E-state index in [0.717, 1.165) is 51.3 Å². The third-order valence-electron chi connectivity index (χ3n) is 6.11. The SMILES string of the molecule is C=C(O)COc1cccc(-c2ccccc2-n2nc(-c3ccccc3)c(-c3ccccc3)c2CC)c1. The fourth-order valence-electron chi connectivity index (χ4n) is 4.51. The van der Waals surface area contributed by atoms with Crippen LogP contribution in [0.25, 0.3) is 39.2 Å². The highest BCUT2D eigenvalue weighted by atomic mass is 16.5. The number of hydrogen-bond acceptors (Lipinski definition) is 3. The van der Waals surface area contributed by atoms with Gasteiger partial charge in [-0.25, -0.2) is 4.68 Å². The first-order valence-corrected chi connectivity index (χ1v) is 12.1. The van der Waals surface area contributed by atoms with Gasteiger partial charge in [0, 0.05) is 16.7 Å². The molecule has 36 heavy (non-hydrogen) atoms. The average molecular weight is 473 g/mol. The van der Waals surface area contributed by atoms with Gasteiger partial charge in [0.2, 0.25) is 0 Å². The summed E-state index contributed by atoms with van der Waals surface area (Å²) < 4.78 is 7.77. The molecule has 0 aliphatic carbocycles. The minimum atomic E-state index is -0.00758. The lowest BCUT2D eigenvalue weighted by atomic mass is 9.97. The second kappa shape index (κ2) is 10.4. The average Bonchev–Trinajstić information content (AvgIpc) is 3.32. The molecule has 0 bridgehead atoms. The summed E-state index contributed by atoms with van der Waals surface area (Å²) in [5, 5.41) is 14.6. The third kappa shape index (κ3) is 4.66. The van der Waals surface area contributed by atoms with Crippen LogP contribution in [0.15, 0.2) is 122 Å². The van der Waals surface area contributed by atoms with E-state index in [4.69, 9.17) is 9.84 Å². The van der Waals surface area contributed by atoms with Gasteiger partial charge >= 0.3 is 0 Å². The van der Waals surface area contributed by atoms with Gasteiger partial charge in [-0.15, -0.1) is 0 Å². The summed E-state index contributed by atoms with van der Waals surface area (Å²) in [4.78, 5) is 0. The van der Waals surface area contributed by atoms with Crippen LogP contribution >= 0.6 is 0 Å². The summed E-state index contributed by atoms with van der Waals surface area (Å²) in [6.45, 7) is 5.74. The van der Waals surface area contributed by atoms with Crippen molar-refractivity contribution in [2.45, 2.75) is 13.3 Å². The maximum atomic E-state index is 9.44. The van der Waals surface area contributed by atoms with Gasteiger partial charge in [-0.2, -0.15) is 5.10 Å². The van der Waals surface area contributed by atoms with Gasteiger partial charge in [0.05, 0.1) is 11.4 Å². The first-order chi connectivity index (χ1) is 17.7. The van der Waals surface area contributed by atoms with Crippen molar-refractivity contribution in [1.82, 2.24) is 9.78 Å². The number of nitrogens with zero attached hydrogens (tertiary/aromatic N) is 2. The highest BCUT2D eigenvalue weighted by Crippen LogP contribution is 2.38. The van der Waals surface area contributed by atoms with Crippen LogP contribution in [0.3, 0.4) is 0 Å². The lowest BCUT2D eigenvalue weighted by Gasteiger charge is -2.14. The molecule has 4 heteroatoms. The molecule has 0 aliphatic heterocycles. The number of benzene rings is 4. The highest BCUT2D eigenvalue weighted by molar-refractivity contribution is 5.84. The van der Waals surface area contributed by atoms with Crippen molar-refractivity contribution in [3.63, 3.8) is 0 Å². The Kier molecular flexibility index (Phi) is 6.67. The van der Waals surface area contributed by atoms with Crippen LogP contribution in [0.4, 0.5) is 0 Å². The number of aromatic nitrogens is 2. The van der Waals surface area contributed by atoms with Crippen molar-refractivity contribution >= 4 is 0 Å². The summed E-state index contributed by atoms with van der Waals surface area (Å²) in [6.07, 6.45) is 0.820. The molecule has 0 radical (unpaired) electrons. The molecule has 4 aromatic carbocycles. The fraction of sp³-hybridized carbons (Fsp3) is 0.0938. The van der Waals surface area contributed by atoms with Gasteiger partial charge in [-0.1, -0.05) is 104 Å². The van der Waals surface area contributed by atoms with Crippen LogP contribution in [0.2, 0.25) is 0 Å². The lowest BCUT2D eigenvalue weighted by Crippen LogP contribution is -2.04. The highest BCUT2D eigenvalue weighted by Gasteiger charge is 2.22. The molecule has 0 amide bonds. The topological polar surface area (TPSA) is 47.3 Å². The smallest absolute Gasteiger partial charge is 0.144 e. The Labute approximate surface area is 211 Å². The fourth-order valence-corrected chi connectivity index (χ4v) is 4.51. The third-order valence-corrected chi connectivity index (χ3v) is 6.11. The second-order valence-electron chi connectivity index (χ2n) is 8.57. The van der Waals surface area contributed by atoms with Crippen molar-refractivity contribution < 1.29 is 9.84 Å². The summed E-state index contributed by atoms with van der Waals surface area (Å²) in [7, 11) is 0. The van der Waals surface area contributed by atoms with E-state index in [1.165, 1.54) is 0 Å². The molecule has 1 N–H and O–H groups in total. The van der Waals surface area contributed by atoms with Gasteiger partial charge in [-0.05, 0) is 35.7 Å². The number of aliphatic hydroxyl groups is 1. The van der Waals surface area contributed by atoms with E-state index < -0.39 is 0 Å². The Morgan fingerprint density at radius 1 is 0.806 bits per heavy atom. The van der Waals surface area contributed by atoms with Crippen LogP contribution in [-0.2, 0) is 6.42 Å². The van der Waals surface area contributed by atoms with Gasteiger partial charge in [0.25, 0.3) is 0 Å². The lowest BCUT2D eigenvalue weighted by molar-refractivity contribution is 0.272. The molecule has 0 saturated carbocycles. The predicted octanol–water partition coefficient (Wildman–Crippen LogP) is 7.89. The second-order valence-corrected chi connectivity index (χ2v) is 8.57. The van der Waals surface area contributed by atoms with Gasteiger partial charge in [0.15, 0.2) is 0 Å². The van der Waals surface area contributed by atoms with Crippen LogP contribution in [-0.4, -0.2) is 21.5 Å². The number of hydrogen-bond donors (Lipinski definition) is 1. The van der Waals surface area contributed by atoms with E-state index in [0.29, 0.717) is 5.75 Å². The molecule has 4 nitrogen and oxygen atoms in total. The maximum absolute atomic E-state index is 9.44. The van der Waals surface area contributed by atoms with Gasteiger partial charge < -0.3 is 9.84 Å². The van der Waals surface area contributed by atoms with E-state index in [-0.39, 0.29) is 12.4 Å².